The molecule has 0 saturated carbocycles. The summed E-state index contributed by atoms with van der Waals surface area (Å²) in [6.45, 7) is 0.231. The standard InChI is InChI=1S/C11H18N4O2/c1-17-6-8(12)11(16)14-9-4-2-3-7-5-13-15-10(7)9/h5,8-9H,2-4,6,12H2,1H3,(H,13,15)(H,14,16). The van der Waals surface area contributed by atoms with Gasteiger partial charge in [0.05, 0.1) is 24.5 Å². The molecule has 1 aromatic heterocycles. The van der Waals surface area contributed by atoms with E-state index in [9.17, 15) is 4.79 Å². The van der Waals surface area contributed by atoms with Gasteiger partial charge in [-0.15, -0.1) is 0 Å². The number of nitrogens with two attached hydrogens (primary N) is 1. The molecule has 0 saturated heterocycles. The molecule has 2 unspecified atom stereocenters. The van der Waals surface area contributed by atoms with E-state index in [2.05, 4.69) is 15.5 Å². The molecule has 6 nitrogen and oxygen atoms in total. The second kappa shape index (κ2) is 5.29. The minimum Gasteiger partial charge on any atom is -0.383 e. The normalized spacial score (nSPS) is 20.7. The molecular weight excluding hydrogens is 220 g/mol. The molecule has 0 radical (unpaired) electrons. The lowest BCUT2D eigenvalue weighted by Gasteiger charge is -2.24. The van der Waals surface area contributed by atoms with E-state index in [4.69, 9.17) is 10.5 Å². The molecule has 94 valence electrons. The number of ether oxygens (including phenoxy) is 1. The van der Waals surface area contributed by atoms with E-state index < -0.39 is 6.04 Å². The number of nitrogens with zero attached hydrogens (tertiary/aromatic N) is 1. The van der Waals surface area contributed by atoms with Crippen LogP contribution in [0.5, 0.6) is 0 Å². The fraction of sp³-hybridized carbons (Fsp3) is 0.636. The van der Waals surface area contributed by atoms with Gasteiger partial charge in [-0.25, -0.2) is 0 Å². The first kappa shape index (κ1) is 12.1. The number of H-pyrrole nitrogens is 1. The van der Waals surface area contributed by atoms with Gasteiger partial charge in [0.15, 0.2) is 0 Å². The van der Waals surface area contributed by atoms with Crippen LogP contribution in [0, 0.1) is 0 Å². The molecule has 0 fully saturated rings. The van der Waals surface area contributed by atoms with Crippen LogP contribution in [-0.2, 0) is 16.0 Å². The Balaban J connectivity index is 1.99. The zero-order chi connectivity index (χ0) is 12.3. The van der Waals surface area contributed by atoms with Gasteiger partial charge in [0, 0.05) is 7.11 Å². The van der Waals surface area contributed by atoms with E-state index in [1.807, 2.05) is 6.20 Å². The maximum Gasteiger partial charge on any atom is 0.239 e. The lowest BCUT2D eigenvalue weighted by Crippen LogP contribution is -2.45. The van der Waals surface area contributed by atoms with Crippen molar-refractivity contribution in [3.63, 3.8) is 0 Å². The summed E-state index contributed by atoms with van der Waals surface area (Å²) in [7, 11) is 1.53. The third-order valence-corrected chi connectivity index (χ3v) is 3.04. The first-order chi connectivity index (χ1) is 8.22. The maximum atomic E-state index is 11.8. The molecule has 1 aromatic rings. The molecule has 1 aliphatic carbocycles. The fourth-order valence-electron chi connectivity index (χ4n) is 2.14. The minimum absolute atomic E-state index is 0.00310. The number of nitrogens with one attached hydrogen (secondary N) is 2. The maximum absolute atomic E-state index is 11.8. The SMILES string of the molecule is COCC(N)C(=O)NC1CCCc2cn[nH]c21. The molecule has 0 bridgehead atoms. The highest BCUT2D eigenvalue weighted by atomic mass is 16.5. The van der Waals surface area contributed by atoms with Crippen molar-refractivity contribution in [1.29, 1.82) is 0 Å². The Hall–Kier alpha value is -1.40. The Bertz CT molecular complexity index is 391. The predicted octanol–water partition coefficient (Wildman–Crippen LogP) is -0.123. The van der Waals surface area contributed by atoms with Crippen LogP contribution in [0.1, 0.15) is 30.1 Å². The van der Waals surface area contributed by atoms with Gasteiger partial charge in [0.25, 0.3) is 0 Å². The molecular formula is C11H18N4O2. The number of fused-ring (bicyclic) bond motifs is 1. The van der Waals surface area contributed by atoms with Crippen LogP contribution in [-0.4, -0.2) is 35.9 Å². The first-order valence-electron chi connectivity index (χ1n) is 5.79. The summed E-state index contributed by atoms with van der Waals surface area (Å²) < 4.78 is 4.86. The summed E-state index contributed by atoms with van der Waals surface area (Å²) in [5.74, 6) is -0.181. The average Bonchev–Trinajstić information content (AvgIpc) is 2.78. The number of methoxy groups -OCH3 is 1. The van der Waals surface area contributed by atoms with E-state index in [0.29, 0.717) is 0 Å². The van der Waals surface area contributed by atoms with E-state index >= 15 is 0 Å². The summed E-state index contributed by atoms with van der Waals surface area (Å²) in [5, 5.41) is 9.89. The van der Waals surface area contributed by atoms with Gasteiger partial charge in [0.1, 0.15) is 6.04 Å². The Morgan fingerprint density at radius 3 is 3.41 bits per heavy atom. The number of aromatic nitrogens is 2. The number of aryl methyl sites for hydroxylation is 1. The number of hydrogen-bond donors (Lipinski definition) is 3. The van der Waals surface area contributed by atoms with Crippen molar-refractivity contribution in [3.05, 3.63) is 17.5 Å². The average molecular weight is 238 g/mol. The lowest BCUT2D eigenvalue weighted by atomic mass is 9.93. The van der Waals surface area contributed by atoms with Crippen LogP contribution in [0.25, 0.3) is 0 Å². The van der Waals surface area contributed by atoms with Gasteiger partial charge in [-0.2, -0.15) is 5.10 Å². The fourth-order valence-corrected chi connectivity index (χ4v) is 2.14. The Morgan fingerprint density at radius 2 is 2.65 bits per heavy atom. The Morgan fingerprint density at radius 1 is 1.82 bits per heavy atom. The number of rotatable bonds is 4. The number of carbonyl (C=O) groups excluding carboxylic acids is 1. The summed E-state index contributed by atoms with van der Waals surface area (Å²) in [5.41, 5.74) is 7.87. The molecule has 2 atom stereocenters. The molecule has 1 amide bonds. The van der Waals surface area contributed by atoms with Crippen LogP contribution < -0.4 is 11.1 Å². The smallest absolute Gasteiger partial charge is 0.239 e. The van der Waals surface area contributed by atoms with Crippen molar-refractivity contribution in [3.8, 4) is 0 Å². The molecule has 2 rings (SSSR count). The van der Waals surface area contributed by atoms with Gasteiger partial charge >= 0.3 is 0 Å². The zero-order valence-electron chi connectivity index (χ0n) is 9.90. The Labute approximate surface area is 99.9 Å². The monoisotopic (exact) mass is 238 g/mol. The number of hydrogen-bond acceptors (Lipinski definition) is 4. The van der Waals surface area contributed by atoms with Crippen molar-refractivity contribution >= 4 is 5.91 Å². The lowest BCUT2D eigenvalue weighted by molar-refractivity contribution is -0.124. The summed E-state index contributed by atoms with van der Waals surface area (Å²) in [4.78, 5) is 11.8. The summed E-state index contributed by atoms with van der Waals surface area (Å²) in [6.07, 6.45) is 4.81. The van der Waals surface area contributed by atoms with E-state index in [0.717, 1.165) is 25.0 Å². The van der Waals surface area contributed by atoms with E-state index in [1.165, 1.54) is 12.7 Å². The van der Waals surface area contributed by atoms with Crippen LogP contribution in [0.15, 0.2) is 6.20 Å². The second-order valence-corrected chi connectivity index (χ2v) is 4.32. The quantitative estimate of drug-likeness (QED) is 0.681. The van der Waals surface area contributed by atoms with Crippen molar-refractivity contribution in [1.82, 2.24) is 15.5 Å². The highest BCUT2D eigenvalue weighted by Gasteiger charge is 2.25. The van der Waals surface area contributed by atoms with Gasteiger partial charge in [0.2, 0.25) is 5.91 Å². The van der Waals surface area contributed by atoms with Crippen LogP contribution >= 0.6 is 0 Å². The van der Waals surface area contributed by atoms with Gasteiger partial charge < -0.3 is 15.8 Å². The zero-order valence-corrected chi connectivity index (χ0v) is 9.90. The molecule has 0 spiro atoms. The third kappa shape index (κ3) is 2.65. The molecule has 0 aliphatic heterocycles. The van der Waals surface area contributed by atoms with Crippen molar-refractivity contribution in [2.45, 2.75) is 31.3 Å². The second-order valence-electron chi connectivity index (χ2n) is 4.32. The van der Waals surface area contributed by atoms with Gasteiger partial charge in [-0.05, 0) is 24.8 Å². The van der Waals surface area contributed by atoms with Crippen LogP contribution in [0.2, 0.25) is 0 Å². The van der Waals surface area contributed by atoms with Gasteiger partial charge in [-0.1, -0.05) is 0 Å². The highest BCUT2D eigenvalue weighted by molar-refractivity contribution is 5.82. The molecule has 1 aliphatic rings. The predicted molar refractivity (Wildman–Crippen MR) is 62.3 cm³/mol. The van der Waals surface area contributed by atoms with Crippen LogP contribution in [0.4, 0.5) is 0 Å². The Kier molecular flexibility index (Phi) is 3.75. The number of aromatic amines is 1. The minimum atomic E-state index is -0.617. The molecule has 4 N–H and O–H groups in total. The van der Waals surface area contributed by atoms with E-state index in [-0.39, 0.29) is 18.6 Å². The summed E-state index contributed by atoms with van der Waals surface area (Å²) in [6, 6.07) is -0.620. The number of amides is 1. The molecule has 17 heavy (non-hydrogen) atoms. The molecule has 1 heterocycles. The van der Waals surface area contributed by atoms with Crippen molar-refractivity contribution < 1.29 is 9.53 Å². The van der Waals surface area contributed by atoms with Gasteiger partial charge in [-0.3, -0.25) is 9.89 Å². The largest absolute Gasteiger partial charge is 0.383 e. The first-order valence-corrected chi connectivity index (χ1v) is 5.79. The van der Waals surface area contributed by atoms with Crippen molar-refractivity contribution in [2.75, 3.05) is 13.7 Å². The van der Waals surface area contributed by atoms with E-state index in [1.54, 1.807) is 0 Å². The third-order valence-electron chi connectivity index (χ3n) is 3.04. The van der Waals surface area contributed by atoms with Crippen LogP contribution in [0.3, 0.4) is 0 Å². The molecule has 0 aromatic carbocycles. The topological polar surface area (TPSA) is 93.0 Å². The number of carbonyl (C=O) groups is 1. The highest BCUT2D eigenvalue weighted by Crippen LogP contribution is 2.27. The van der Waals surface area contributed by atoms with Crippen molar-refractivity contribution in [2.24, 2.45) is 5.73 Å². The molecule has 6 heteroatoms. The summed E-state index contributed by atoms with van der Waals surface area (Å²) >= 11 is 0.